The summed E-state index contributed by atoms with van der Waals surface area (Å²) in [6, 6.07) is 16.3. The number of nitrogens with zero attached hydrogens (tertiary/aromatic N) is 5. The molecule has 23 heavy (non-hydrogen) atoms. The summed E-state index contributed by atoms with van der Waals surface area (Å²) >= 11 is 0. The first-order valence-electron chi connectivity index (χ1n) is 7.56. The van der Waals surface area contributed by atoms with E-state index >= 15 is 0 Å². The van der Waals surface area contributed by atoms with Crippen molar-refractivity contribution in [2.45, 2.75) is 6.54 Å². The van der Waals surface area contributed by atoms with E-state index in [1.54, 1.807) is 0 Å². The van der Waals surface area contributed by atoms with Crippen molar-refractivity contribution in [1.82, 2.24) is 24.9 Å². The minimum Gasteiger partial charge on any atom is -0.304 e. The third-order valence-corrected chi connectivity index (χ3v) is 3.87. The summed E-state index contributed by atoms with van der Waals surface area (Å²) in [6.07, 6.45) is 1.82. The molecule has 4 aromatic rings. The average molecular weight is 303 g/mol. The number of hydrogen-bond donors (Lipinski definition) is 0. The van der Waals surface area contributed by atoms with E-state index in [0.717, 1.165) is 39.7 Å². The van der Waals surface area contributed by atoms with Crippen molar-refractivity contribution in [2.75, 3.05) is 14.1 Å². The maximum absolute atomic E-state index is 4.77. The zero-order valence-corrected chi connectivity index (χ0v) is 13.1. The van der Waals surface area contributed by atoms with Gasteiger partial charge in [0.1, 0.15) is 0 Å². The highest BCUT2D eigenvalue weighted by Gasteiger charge is 2.15. The van der Waals surface area contributed by atoms with E-state index in [2.05, 4.69) is 27.3 Å². The average Bonchev–Trinajstić information content (AvgIpc) is 2.99. The van der Waals surface area contributed by atoms with E-state index in [1.165, 1.54) is 0 Å². The van der Waals surface area contributed by atoms with Crippen LogP contribution in [0.25, 0.3) is 27.5 Å². The van der Waals surface area contributed by atoms with Crippen LogP contribution in [0.1, 0.15) is 5.69 Å². The van der Waals surface area contributed by atoms with E-state index < -0.39 is 0 Å². The highest BCUT2D eigenvalue weighted by molar-refractivity contribution is 6.03. The minimum absolute atomic E-state index is 0.776. The number of aromatic nitrogens is 4. The number of rotatable bonds is 3. The number of hydrogen-bond acceptors (Lipinski definition) is 4. The predicted molar refractivity (Wildman–Crippen MR) is 91.6 cm³/mol. The Morgan fingerprint density at radius 1 is 0.913 bits per heavy atom. The molecule has 5 nitrogen and oxygen atoms in total. The van der Waals surface area contributed by atoms with Gasteiger partial charge in [-0.05, 0) is 26.2 Å². The van der Waals surface area contributed by atoms with Gasteiger partial charge in [-0.3, -0.25) is 0 Å². The van der Waals surface area contributed by atoms with Gasteiger partial charge in [0.2, 0.25) is 0 Å². The number of fused-ring (bicyclic) bond motifs is 2. The summed E-state index contributed by atoms with van der Waals surface area (Å²) in [4.78, 5) is 6.88. The molecule has 2 heterocycles. The van der Waals surface area contributed by atoms with Gasteiger partial charge in [-0.15, -0.1) is 5.10 Å². The Bertz CT molecular complexity index is 933. The van der Waals surface area contributed by atoms with Gasteiger partial charge >= 0.3 is 0 Å². The Kier molecular flexibility index (Phi) is 3.28. The quantitative estimate of drug-likeness (QED) is 0.546. The first-order valence-corrected chi connectivity index (χ1v) is 7.56. The Labute approximate surface area is 134 Å². The molecule has 0 N–H and O–H groups in total. The van der Waals surface area contributed by atoms with Crippen LogP contribution in [0, 0.1) is 0 Å². The molecule has 114 valence electrons. The molecule has 0 aliphatic rings. The smallest absolute Gasteiger partial charge is 0.0855 e. The van der Waals surface area contributed by atoms with Crippen LogP contribution in [0.3, 0.4) is 0 Å². The molecule has 2 aromatic carbocycles. The molecule has 2 aromatic heterocycles. The van der Waals surface area contributed by atoms with Crippen molar-refractivity contribution >= 4 is 21.8 Å². The summed E-state index contributed by atoms with van der Waals surface area (Å²) < 4.78 is 1.94. The van der Waals surface area contributed by atoms with Crippen molar-refractivity contribution in [3.05, 3.63) is 60.4 Å². The lowest BCUT2D eigenvalue weighted by atomic mass is 10.1. The van der Waals surface area contributed by atoms with Crippen molar-refractivity contribution < 1.29 is 0 Å². The van der Waals surface area contributed by atoms with Crippen molar-refractivity contribution in [3.8, 4) is 5.69 Å². The third-order valence-electron chi connectivity index (χ3n) is 3.87. The van der Waals surface area contributed by atoms with Crippen LogP contribution in [-0.2, 0) is 6.54 Å². The van der Waals surface area contributed by atoms with Gasteiger partial charge in [0.15, 0.2) is 0 Å². The topological polar surface area (TPSA) is 46.8 Å². The predicted octanol–water partition coefficient (Wildman–Crippen LogP) is 3.03. The van der Waals surface area contributed by atoms with E-state index in [1.807, 2.05) is 61.4 Å². The van der Waals surface area contributed by atoms with Crippen LogP contribution in [0.15, 0.2) is 54.7 Å². The Morgan fingerprint density at radius 3 is 2.13 bits per heavy atom. The van der Waals surface area contributed by atoms with E-state index in [0.29, 0.717) is 0 Å². The molecule has 0 atom stereocenters. The van der Waals surface area contributed by atoms with Crippen LogP contribution >= 0.6 is 0 Å². The summed E-state index contributed by atoms with van der Waals surface area (Å²) in [5, 5.41) is 10.6. The fourth-order valence-electron chi connectivity index (χ4n) is 2.92. The Balaban J connectivity index is 2.10. The Morgan fingerprint density at radius 2 is 1.52 bits per heavy atom. The molecule has 0 spiro atoms. The molecule has 0 saturated heterocycles. The van der Waals surface area contributed by atoms with Gasteiger partial charge in [0.25, 0.3) is 0 Å². The molecular formula is C18H17N5. The maximum atomic E-state index is 4.77. The van der Waals surface area contributed by atoms with Gasteiger partial charge < -0.3 is 4.90 Å². The molecule has 4 rings (SSSR count). The molecule has 0 radical (unpaired) electrons. The van der Waals surface area contributed by atoms with Crippen LogP contribution < -0.4 is 0 Å². The number of pyridine rings is 1. The second-order valence-corrected chi connectivity index (χ2v) is 5.87. The van der Waals surface area contributed by atoms with Crippen molar-refractivity contribution in [3.63, 3.8) is 0 Å². The molecule has 0 fully saturated rings. The highest BCUT2D eigenvalue weighted by atomic mass is 15.4. The van der Waals surface area contributed by atoms with E-state index in [4.69, 9.17) is 4.98 Å². The van der Waals surface area contributed by atoms with Gasteiger partial charge in [0.05, 0.1) is 28.6 Å². The molecule has 0 aliphatic carbocycles. The van der Waals surface area contributed by atoms with Gasteiger partial charge in [-0.2, -0.15) is 0 Å². The molecule has 5 heteroatoms. The van der Waals surface area contributed by atoms with Gasteiger partial charge in [0, 0.05) is 17.3 Å². The standard InChI is InChI=1S/C18H17N5/c1-22(2)12-13-11-19-21-23(13)18-14-7-3-5-9-16(14)20-17-10-6-4-8-15(17)18/h3-11H,12H2,1-2H3. The SMILES string of the molecule is CN(C)Cc1cnnn1-c1c2ccccc2nc2ccccc12. The lowest BCUT2D eigenvalue weighted by Crippen LogP contribution is -2.15. The molecule has 0 saturated carbocycles. The van der Waals surface area contributed by atoms with E-state index in [-0.39, 0.29) is 0 Å². The second kappa shape index (κ2) is 5.44. The normalized spacial score (nSPS) is 11.6. The number of para-hydroxylation sites is 2. The first-order chi connectivity index (χ1) is 11.2. The van der Waals surface area contributed by atoms with Gasteiger partial charge in [-0.25, -0.2) is 9.67 Å². The largest absolute Gasteiger partial charge is 0.304 e. The molecule has 0 bridgehead atoms. The molecule has 0 amide bonds. The van der Waals surface area contributed by atoms with Crippen molar-refractivity contribution in [2.24, 2.45) is 0 Å². The molecule has 0 aliphatic heterocycles. The maximum Gasteiger partial charge on any atom is 0.0855 e. The fourth-order valence-corrected chi connectivity index (χ4v) is 2.92. The molecular weight excluding hydrogens is 286 g/mol. The monoisotopic (exact) mass is 303 g/mol. The summed E-state index contributed by atoms with van der Waals surface area (Å²) in [7, 11) is 4.08. The third kappa shape index (κ3) is 2.35. The fraction of sp³-hybridized carbons (Fsp3) is 0.167. The van der Waals surface area contributed by atoms with E-state index in [9.17, 15) is 0 Å². The summed E-state index contributed by atoms with van der Waals surface area (Å²) in [5.41, 5.74) is 4.03. The zero-order valence-electron chi connectivity index (χ0n) is 13.1. The second-order valence-electron chi connectivity index (χ2n) is 5.87. The van der Waals surface area contributed by atoms with Crippen LogP contribution in [0.5, 0.6) is 0 Å². The van der Waals surface area contributed by atoms with Crippen molar-refractivity contribution in [1.29, 1.82) is 0 Å². The highest BCUT2D eigenvalue weighted by Crippen LogP contribution is 2.29. The Hall–Kier alpha value is -2.79. The van der Waals surface area contributed by atoms with Crippen LogP contribution in [0.4, 0.5) is 0 Å². The number of benzene rings is 2. The summed E-state index contributed by atoms with van der Waals surface area (Å²) in [5.74, 6) is 0. The van der Waals surface area contributed by atoms with Crippen LogP contribution in [0.2, 0.25) is 0 Å². The lowest BCUT2D eigenvalue weighted by Gasteiger charge is -2.14. The van der Waals surface area contributed by atoms with Gasteiger partial charge in [-0.1, -0.05) is 41.6 Å². The minimum atomic E-state index is 0.776. The summed E-state index contributed by atoms with van der Waals surface area (Å²) in [6.45, 7) is 0.776. The van der Waals surface area contributed by atoms with Crippen LogP contribution in [-0.4, -0.2) is 39.0 Å². The molecule has 0 unspecified atom stereocenters. The zero-order chi connectivity index (χ0) is 15.8. The first kappa shape index (κ1) is 13.8. The lowest BCUT2D eigenvalue weighted by molar-refractivity contribution is 0.392.